The second-order valence-electron chi connectivity index (χ2n) is 8.36. The number of hydrogen-bond donors (Lipinski definition) is 1. The molecule has 0 radical (unpaired) electrons. The Balaban J connectivity index is 1.84. The molecule has 12 nitrogen and oxygen atoms in total. The van der Waals surface area contributed by atoms with E-state index in [-0.39, 0.29) is 52.2 Å². The molecule has 0 spiro atoms. The Labute approximate surface area is 224 Å². The van der Waals surface area contributed by atoms with Crippen molar-refractivity contribution in [1.29, 1.82) is 0 Å². The molecule has 0 fully saturated rings. The minimum Gasteiger partial charge on any atom is -0.497 e. The molecule has 2 aromatic heterocycles. The molecule has 0 atom stereocenters. The van der Waals surface area contributed by atoms with Crippen LogP contribution in [0.25, 0.3) is 33.7 Å². The van der Waals surface area contributed by atoms with Gasteiger partial charge in [-0.25, -0.2) is 18.4 Å². The highest BCUT2D eigenvalue weighted by atomic mass is 32.2. The average molecular weight is 576 g/mol. The number of methoxy groups -OCH3 is 2. The number of rotatable bonds is 10. The molecule has 2 heterocycles. The molecule has 206 valence electrons. The molecule has 0 unspecified atom stereocenters. The van der Waals surface area contributed by atoms with Crippen molar-refractivity contribution in [3.05, 3.63) is 58.9 Å². The summed E-state index contributed by atoms with van der Waals surface area (Å²) in [5.41, 5.74) is 0.754. The molecule has 2 aromatic carbocycles. The molecule has 0 aliphatic heterocycles. The van der Waals surface area contributed by atoms with Crippen LogP contribution in [0.1, 0.15) is 0 Å². The second kappa shape index (κ2) is 11.0. The minimum atomic E-state index is -3.66. The first-order chi connectivity index (χ1) is 18.4. The van der Waals surface area contributed by atoms with Gasteiger partial charge in [0.1, 0.15) is 47.2 Å². The van der Waals surface area contributed by atoms with E-state index >= 15 is 0 Å². The van der Waals surface area contributed by atoms with Crippen molar-refractivity contribution in [2.24, 2.45) is 0 Å². The van der Waals surface area contributed by atoms with Gasteiger partial charge in [-0.3, -0.25) is 8.98 Å². The highest BCUT2D eigenvalue weighted by Gasteiger charge is 2.18. The third-order valence-electron chi connectivity index (χ3n) is 5.48. The van der Waals surface area contributed by atoms with Crippen LogP contribution in [0, 0.1) is 0 Å². The lowest BCUT2D eigenvalue weighted by molar-refractivity contribution is 0.222. The van der Waals surface area contributed by atoms with E-state index in [1.807, 2.05) is 0 Å². The molecule has 4 rings (SSSR count). The first-order valence-electron chi connectivity index (χ1n) is 11.3. The number of hydrogen-bond acceptors (Lipinski definition) is 11. The fourth-order valence-electron chi connectivity index (χ4n) is 3.72. The van der Waals surface area contributed by atoms with Crippen molar-refractivity contribution >= 4 is 30.9 Å². The molecule has 0 aliphatic carbocycles. The summed E-state index contributed by atoms with van der Waals surface area (Å²) >= 11 is 0. The summed E-state index contributed by atoms with van der Waals surface area (Å²) in [5, 5.41) is 0.231. The summed E-state index contributed by atoms with van der Waals surface area (Å²) in [6.45, 7) is -0.371. The molecule has 0 saturated heterocycles. The fraction of sp³-hybridized carbons (Fsp3) is 0.240. The highest BCUT2D eigenvalue weighted by Crippen LogP contribution is 2.33. The standard InChI is InChI=1S/C25H25N3O9S2/c1-34-16-13-19-22(21(14-16)35-2)25(29)28-24(27-19)18-8-9-20(36-10-11-37-39(4,32)33)23(26-18)15-6-5-7-17(12-15)38(3,30)31/h5-9,12-14H,10-11H2,1-4H3,(H,27,28,29). The predicted octanol–water partition coefficient (Wildman–Crippen LogP) is 2.43. The number of sulfone groups is 1. The van der Waals surface area contributed by atoms with Crippen LogP contribution in [0.3, 0.4) is 0 Å². The Morgan fingerprint density at radius 2 is 1.64 bits per heavy atom. The smallest absolute Gasteiger partial charge is 0.264 e. The largest absolute Gasteiger partial charge is 0.497 e. The number of aromatic nitrogens is 3. The van der Waals surface area contributed by atoms with E-state index in [0.717, 1.165) is 12.5 Å². The van der Waals surface area contributed by atoms with Gasteiger partial charge in [0, 0.05) is 24.0 Å². The first-order valence-corrected chi connectivity index (χ1v) is 15.1. The molecule has 14 heteroatoms. The number of H-pyrrole nitrogens is 1. The van der Waals surface area contributed by atoms with Crippen LogP contribution in [-0.4, -0.2) is 71.7 Å². The van der Waals surface area contributed by atoms with Crippen LogP contribution in [0.4, 0.5) is 0 Å². The van der Waals surface area contributed by atoms with Gasteiger partial charge in [0.25, 0.3) is 15.7 Å². The Bertz CT molecular complexity index is 1820. The van der Waals surface area contributed by atoms with Crippen molar-refractivity contribution in [3.63, 3.8) is 0 Å². The lowest BCUT2D eigenvalue weighted by atomic mass is 10.1. The van der Waals surface area contributed by atoms with Crippen molar-refractivity contribution in [1.82, 2.24) is 15.0 Å². The molecular formula is C25H25N3O9S2. The van der Waals surface area contributed by atoms with E-state index < -0.39 is 25.5 Å². The summed E-state index contributed by atoms with van der Waals surface area (Å²) in [6.07, 6.45) is 2.01. The van der Waals surface area contributed by atoms with E-state index in [9.17, 15) is 21.6 Å². The van der Waals surface area contributed by atoms with E-state index in [1.54, 1.807) is 36.4 Å². The zero-order valence-electron chi connectivity index (χ0n) is 21.4. The SMILES string of the molecule is COc1cc(OC)c2c(=O)[nH]c(-c3ccc(OCCOS(C)(=O)=O)c(-c4cccc(S(C)(=O)=O)c4)n3)nc2c1. The molecule has 0 bridgehead atoms. The number of nitrogens with one attached hydrogen (secondary N) is 1. The van der Waals surface area contributed by atoms with Crippen LogP contribution in [-0.2, 0) is 24.1 Å². The van der Waals surface area contributed by atoms with Gasteiger partial charge < -0.3 is 19.2 Å². The van der Waals surface area contributed by atoms with Crippen molar-refractivity contribution in [3.8, 4) is 40.0 Å². The van der Waals surface area contributed by atoms with Crippen LogP contribution in [0.2, 0.25) is 0 Å². The van der Waals surface area contributed by atoms with Crippen LogP contribution >= 0.6 is 0 Å². The molecular weight excluding hydrogens is 550 g/mol. The summed E-state index contributed by atoms with van der Waals surface area (Å²) in [7, 11) is -4.28. The third kappa shape index (κ3) is 6.53. The second-order valence-corrected chi connectivity index (χ2v) is 12.0. The molecule has 1 N–H and O–H groups in total. The maximum Gasteiger partial charge on any atom is 0.264 e. The zero-order valence-corrected chi connectivity index (χ0v) is 23.1. The number of ether oxygens (including phenoxy) is 3. The monoisotopic (exact) mass is 575 g/mol. The lowest BCUT2D eigenvalue weighted by Crippen LogP contribution is -2.13. The molecule has 0 amide bonds. The highest BCUT2D eigenvalue weighted by molar-refractivity contribution is 7.90. The Morgan fingerprint density at radius 3 is 2.31 bits per heavy atom. The van der Waals surface area contributed by atoms with Gasteiger partial charge in [-0.1, -0.05) is 12.1 Å². The molecule has 0 aliphatic rings. The van der Waals surface area contributed by atoms with Gasteiger partial charge in [-0.05, 0) is 24.3 Å². The van der Waals surface area contributed by atoms with E-state index in [2.05, 4.69) is 15.0 Å². The summed E-state index contributed by atoms with van der Waals surface area (Å²) in [5.74, 6) is 1.09. The average Bonchev–Trinajstić information content (AvgIpc) is 2.89. The van der Waals surface area contributed by atoms with Crippen molar-refractivity contribution in [2.75, 3.05) is 39.9 Å². The summed E-state index contributed by atoms with van der Waals surface area (Å²) in [6, 6.07) is 12.4. The number of fused-ring (bicyclic) bond motifs is 1. The number of nitrogens with zero attached hydrogens (tertiary/aromatic N) is 2. The van der Waals surface area contributed by atoms with Crippen LogP contribution in [0.5, 0.6) is 17.2 Å². The van der Waals surface area contributed by atoms with E-state index in [1.165, 1.54) is 26.4 Å². The van der Waals surface area contributed by atoms with Crippen LogP contribution < -0.4 is 19.8 Å². The van der Waals surface area contributed by atoms with E-state index in [0.29, 0.717) is 16.8 Å². The molecule has 4 aromatic rings. The van der Waals surface area contributed by atoms with Gasteiger partial charge in [0.2, 0.25) is 0 Å². The Kier molecular flexibility index (Phi) is 7.90. The topological polar surface area (TPSA) is 164 Å². The maximum absolute atomic E-state index is 13.0. The fourth-order valence-corrected chi connectivity index (χ4v) is 4.76. The lowest BCUT2D eigenvalue weighted by Gasteiger charge is -2.14. The van der Waals surface area contributed by atoms with Crippen molar-refractivity contribution < 1.29 is 35.2 Å². The van der Waals surface area contributed by atoms with E-state index in [4.69, 9.17) is 18.4 Å². The van der Waals surface area contributed by atoms with Crippen LogP contribution in [0.15, 0.2) is 58.2 Å². The summed E-state index contributed by atoms with van der Waals surface area (Å²) < 4.78 is 67.9. The van der Waals surface area contributed by atoms with Gasteiger partial charge >= 0.3 is 0 Å². The molecule has 0 saturated carbocycles. The first kappa shape index (κ1) is 28.0. The number of aromatic amines is 1. The van der Waals surface area contributed by atoms with Gasteiger partial charge in [-0.15, -0.1) is 0 Å². The summed E-state index contributed by atoms with van der Waals surface area (Å²) in [4.78, 5) is 24.9. The van der Waals surface area contributed by atoms with Crippen molar-refractivity contribution in [2.45, 2.75) is 4.90 Å². The van der Waals surface area contributed by atoms with Gasteiger partial charge in [0.15, 0.2) is 15.7 Å². The number of benzene rings is 2. The number of pyridine rings is 1. The maximum atomic E-state index is 13.0. The Morgan fingerprint density at radius 1 is 0.872 bits per heavy atom. The molecule has 39 heavy (non-hydrogen) atoms. The third-order valence-corrected chi connectivity index (χ3v) is 7.18. The zero-order chi connectivity index (χ0) is 28.4. The van der Waals surface area contributed by atoms with Gasteiger partial charge in [0.05, 0.1) is 30.9 Å². The quantitative estimate of drug-likeness (QED) is 0.218. The predicted molar refractivity (Wildman–Crippen MR) is 144 cm³/mol. The Hall–Kier alpha value is -4.01. The normalized spacial score (nSPS) is 11.9. The van der Waals surface area contributed by atoms with Gasteiger partial charge in [-0.2, -0.15) is 8.42 Å². The minimum absolute atomic E-state index is 0.0648.